The van der Waals surface area contributed by atoms with Gasteiger partial charge < -0.3 is 14.9 Å². The van der Waals surface area contributed by atoms with Crippen LogP contribution in [0.25, 0.3) is 0 Å². The molecule has 1 unspecified atom stereocenters. The van der Waals surface area contributed by atoms with Crippen LogP contribution in [0.3, 0.4) is 0 Å². The van der Waals surface area contributed by atoms with E-state index in [1.165, 1.54) is 19.4 Å². The summed E-state index contributed by atoms with van der Waals surface area (Å²) in [5.74, 6) is 1.84. The second-order valence-electron chi connectivity index (χ2n) is 8.03. The molecule has 5 nitrogen and oxygen atoms in total. The summed E-state index contributed by atoms with van der Waals surface area (Å²) >= 11 is 0. The predicted octanol–water partition coefficient (Wildman–Crippen LogP) is 1.69. The molecule has 0 spiro atoms. The number of hydrogen-bond acceptors (Lipinski definition) is 5. The molecule has 2 aliphatic heterocycles. The minimum atomic E-state index is -0.587. The van der Waals surface area contributed by atoms with Crippen LogP contribution >= 0.6 is 0 Å². The van der Waals surface area contributed by atoms with Gasteiger partial charge in [0.2, 0.25) is 0 Å². The lowest BCUT2D eigenvalue weighted by molar-refractivity contribution is 0.0176. The van der Waals surface area contributed by atoms with Gasteiger partial charge in [-0.3, -0.25) is 4.90 Å². The maximum Gasteiger partial charge on any atom is 0.128 e. The maximum absolute atomic E-state index is 10.1. The molecule has 0 radical (unpaired) electrons. The zero-order chi connectivity index (χ0) is 17.0. The van der Waals surface area contributed by atoms with Crippen molar-refractivity contribution in [3.05, 3.63) is 24.4 Å². The van der Waals surface area contributed by atoms with Gasteiger partial charge >= 0.3 is 0 Å². The number of hydrogen-bond donors (Lipinski definition) is 1. The third kappa shape index (κ3) is 5.16. The first kappa shape index (κ1) is 17.6. The molecule has 2 saturated heterocycles. The molecule has 2 aliphatic rings. The van der Waals surface area contributed by atoms with Gasteiger partial charge in [0.1, 0.15) is 5.82 Å². The van der Waals surface area contributed by atoms with E-state index >= 15 is 0 Å². The zero-order valence-electron chi connectivity index (χ0n) is 15.2. The number of β-amino-alcohol motifs (C(OH)–C–C–N with tert-alkyl or cyclic N) is 1. The third-order valence-corrected chi connectivity index (χ3v) is 5.08. The Labute approximate surface area is 146 Å². The standard InChI is InChI=1S/C19H32N4O/c1-19(2,24)16-22-9-5-6-17(15-22)14-21-10-12-23(13-11-21)18-7-3-4-8-20-18/h3-4,7-8,17,24H,5-6,9-16H2,1-2H3. The van der Waals surface area contributed by atoms with Crippen LogP contribution in [0.1, 0.15) is 26.7 Å². The van der Waals surface area contributed by atoms with Crippen molar-refractivity contribution < 1.29 is 5.11 Å². The Bertz CT molecular complexity index is 494. The first-order valence-corrected chi connectivity index (χ1v) is 9.33. The monoisotopic (exact) mass is 332 g/mol. The van der Waals surface area contributed by atoms with Gasteiger partial charge in [0.05, 0.1) is 5.60 Å². The highest BCUT2D eigenvalue weighted by atomic mass is 16.3. The summed E-state index contributed by atoms with van der Waals surface area (Å²) in [6, 6.07) is 6.14. The van der Waals surface area contributed by atoms with E-state index in [9.17, 15) is 5.11 Å². The summed E-state index contributed by atoms with van der Waals surface area (Å²) < 4.78 is 0. The number of piperazine rings is 1. The summed E-state index contributed by atoms with van der Waals surface area (Å²) in [5.41, 5.74) is -0.587. The fourth-order valence-electron chi connectivity index (χ4n) is 4.06. The highest BCUT2D eigenvalue weighted by Crippen LogP contribution is 2.21. The first-order chi connectivity index (χ1) is 11.5. The minimum Gasteiger partial charge on any atom is -0.389 e. The van der Waals surface area contributed by atoms with Crippen LogP contribution in [0.4, 0.5) is 5.82 Å². The van der Waals surface area contributed by atoms with Gasteiger partial charge in [0, 0.05) is 52.0 Å². The molecule has 1 N–H and O–H groups in total. The minimum absolute atomic E-state index is 0.587. The van der Waals surface area contributed by atoms with Crippen LogP contribution in [0.15, 0.2) is 24.4 Å². The second-order valence-corrected chi connectivity index (χ2v) is 8.03. The number of likely N-dealkylation sites (tertiary alicyclic amines) is 1. The van der Waals surface area contributed by atoms with E-state index in [2.05, 4.69) is 31.8 Å². The molecule has 0 aromatic carbocycles. The molecule has 1 atom stereocenters. The van der Waals surface area contributed by atoms with Gasteiger partial charge in [-0.25, -0.2) is 4.98 Å². The molecule has 1 aromatic heterocycles. The Balaban J connectivity index is 1.44. The average Bonchev–Trinajstić information content (AvgIpc) is 2.55. The Morgan fingerprint density at radius 3 is 2.58 bits per heavy atom. The quantitative estimate of drug-likeness (QED) is 0.889. The Morgan fingerprint density at radius 2 is 1.92 bits per heavy atom. The third-order valence-electron chi connectivity index (χ3n) is 5.08. The highest BCUT2D eigenvalue weighted by molar-refractivity contribution is 5.38. The smallest absolute Gasteiger partial charge is 0.128 e. The van der Waals surface area contributed by atoms with E-state index in [0.29, 0.717) is 0 Å². The largest absolute Gasteiger partial charge is 0.389 e. The molecule has 1 aromatic rings. The lowest BCUT2D eigenvalue weighted by Crippen LogP contribution is -2.50. The molecular weight excluding hydrogens is 300 g/mol. The van der Waals surface area contributed by atoms with Crippen molar-refractivity contribution in [3.63, 3.8) is 0 Å². The average molecular weight is 332 g/mol. The van der Waals surface area contributed by atoms with Crippen molar-refractivity contribution in [1.82, 2.24) is 14.8 Å². The van der Waals surface area contributed by atoms with Crippen molar-refractivity contribution in [2.45, 2.75) is 32.3 Å². The van der Waals surface area contributed by atoms with Gasteiger partial charge in [0.25, 0.3) is 0 Å². The molecule has 2 fully saturated rings. The fourth-order valence-corrected chi connectivity index (χ4v) is 4.06. The SMILES string of the molecule is CC(C)(O)CN1CCCC(CN2CCN(c3ccccn3)CC2)C1. The van der Waals surface area contributed by atoms with Crippen LogP contribution < -0.4 is 4.90 Å². The molecule has 3 rings (SSSR count). The summed E-state index contributed by atoms with van der Waals surface area (Å²) in [4.78, 5) is 11.9. The molecule has 0 amide bonds. The molecule has 5 heteroatoms. The van der Waals surface area contributed by atoms with Crippen molar-refractivity contribution in [2.24, 2.45) is 5.92 Å². The number of aromatic nitrogens is 1. The molecule has 0 bridgehead atoms. The Hall–Kier alpha value is -1.17. The van der Waals surface area contributed by atoms with E-state index in [0.717, 1.165) is 57.5 Å². The van der Waals surface area contributed by atoms with Crippen molar-refractivity contribution in [2.75, 3.05) is 57.3 Å². The molecule has 0 aliphatic carbocycles. The number of aliphatic hydroxyl groups is 1. The van der Waals surface area contributed by atoms with Crippen LogP contribution in [-0.2, 0) is 0 Å². The first-order valence-electron chi connectivity index (χ1n) is 9.33. The molecule has 3 heterocycles. The number of pyridine rings is 1. The van der Waals surface area contributed by atoms with Gasteiger partial charge in [0.15, 0.2) is 0 Å². The van der Waals surface area contributed by atoms with Crippen LogP contribution in [0.5, 0.6) is 0 Å². The highest BCUT2D eigenvalue weighted by Gasteiger charge is 2.27. The van der Waals surface area contributed by atoms with E-state index in [-0.39, 0.29) is 0 Å². The van der Waals surface area contributed by atoms with Crippen molar-refractivity contribution in [1.29, 1.82) is 0 Å². The van der Waals surface area contributed by atoms with E-state index in [1.54, 1.807) is 0 Å². The normalized spacial score (nSPS) is 24.3. The summed E-state index contributed by atoms with van der Waals surface area (Å²) in [6.07, 6.45) is 4.46. The second kappa shape index (κ2) is 7.81. The summed E-state index contributed by atoms with van der Waals surface area (Å²) in [6.45, 7) is 12.4. The maximum atomic E-state index is 10.1. The summed E-state index contributed by atoms with van der Waals surface area (Å²) in [5, 5.41) is 10.1. The van der Waals surface area contributed by atoms with Crippen LogP contribution in [0.2, 0.25) is 0 Å². The lowest BCUT2D eigenvalue weighted by atomic mass is 9.95. The number of rotatable bonds is 5. The van der Waals surface area contributed by atoms with Crippen LogP contribution in [-0.4, -0.2) is 77.8 Å². The van der Waals surface area contributed by atoms with E-state index < -0.39 is 5.60 Å². The Kier molecular flexibility index (Phi) is 5.74. The van der Waals surface area contributed by atoms with E-state index in [1.807, 2.05) is 26.1 Å². The van der Waals surface area contributed by atoms with Gasteiger partial charge in [-0.2, -0.15) is 0 Å². The van der Waals surface area contributed by atoms with E-state index in [4.69, 9.17) is 0 Å². The van der Waals surface area contributed by atoms with Crippen molar-refractivity contribution in [3.8, 4) is 0 Å². The molecular formula is C19H32N4O. The van der Waals surface area contributed by atoms with Gasteiger partial charge in [-0.15, -0.1) is 0 Å². The van der Waals surface area contributed by atoms with Crippen molar-refractivity contribution >= 4 is 5.82 Å². The predicted molar refractivity (Wildman–Crippen MR) is 98.4 cm³/mol. The van der Waals surface area contributed by atoms with Crippen LogP contribution in [0, 0.1) is 5.92 Å². The summed E-state index contributed by atoms with van der Waals surface area (Å²) in [7, 11) is 0. The topological polar surface area (TPSA) is 42.8 Å². The fraction of sp³-hybridized carbons (Fsp3) is 0.737. The molecule has 134 valence electrons. The zero-order valence-corrected chi connectivity index (χ0v) is 15.2. The molecule has 0 saturated carbocycles. The molecule has 24 heavy (non-hydrogen) atoms. The van der Waals surface area contributed by atoms with Gasteiger partial charge in [-0.05, 0) is 51.3 Å². The number of nitrogens with zero attached hydrogens (tertiary/aromatic N) is 4. The number of anilines is 1. The Morgan fingerprint density at radius 1 is 1.12 bits per heavy atom. The number of piperidine rings is 1. The lowest BCUT2D eigenvalue weighted by Gasteiger charge is -2.40. The van der Waals surface area contributed by atoms with Gasteiger partial charge in [-0.1, -0.05) is 6.07 Å².